The van der Waals surface area contributed by atoms with Gasteiger partial charge in [0.05, 0.1) is 5.69 Å². The molecule has 1 aromatic rings. The molecule has 14 heavy (non-hydrogen) atoms. The predicted molar refractivity (Wildman–Crippen MR) is 56.3 cm³/mol. The molecule has 1 aliphatic rings. The van der Waals surface area contributed by atoms with Crippen LogP contribution in [0.25, 0.3) is 0 Å². The number of anilines is 1. The Balaban J connectivity index is 2.41. The van der Waals surface area contributed by atoms with Crippen LogP contribution in [0.3, 0.4) is 0 Å². The summed E-state index contributed by atoms with van der Waals surface area (Å²) in [6.07, 6.45) is 1.03. The summed E-state index contributed by atoms with van der Waals surface area (Å²) < 4.78 is 0. The molecule has 1 aromatic heterocycles. The van der Waals surface area contributed by atoms with Crippen LogP contribution in [-0.4, -0.2) is 23.1 Å². The van der Waals surface area contributed by atoms with E-state index < -0.39 is 0 Å². The molecule has 0 amide bonds. The Kier molecular flexibility index (Phi) is 2.63. The highest BCUT2D eigenvalue weighted by molar-refractivity contribution is 5.47. The highest BCUT2D eigenvalue weighted by Crippen LogP contribution is 2.19. The summed E-state index contributed by atoms with van der Waals surface area (Å²) in [5.74, 6) is 1.87. The summed E-state index contributed by atoms with van der Waals surface area (Å²) in [5, 5.41) is 6.62. The Hall–Kier alpha value is -1.16. The standard InChI is InChI=1S/C10H16N4/c1-3-12-10-8-4-5-11-6-9(8)13-7(2)14-10/h11H,3-6H2,1-2H3,(H,12,13,14). The molecule has 2 rings (SSSR count). The van der Waals surface area contributed by atoms with E-state index in [2.05, 4.69) is 27.5 Å². The number of fused-ring (bicyclic) bond motifs is 1. The van der Waals surface area contributed by atoms with Crippen LogP contribution in [0.1, 0.15) is 24.0 Å². The molecule has 2 heterocycles. The predicted octanol–water partition coefficient (Wildman–Crippen LogP) is 0.863. The van der Waals surface area contributed by atoms with Crippen LogP contribution in [0.5, 0.6) is 0 Å². The molecule has 4 heteroatoms. The topological polar surface area (TPSA) is 49.8 Å². The van der Waals surface area contributed by atoms with Gasteiger partial charge in [-0.05, 0) is 26.8 Å². The Bertz CT molecular complexity index is 335. The molecule has 1 aliphatic heterocycles. The third-order valence-electron chi connectivity index (χ3n) is 2.39. The molecule has 0 aliphatic carbocycles. The molecule has 2 N–H and O–H groups in total. The van der Waals surface area contributed by atoms with E-state index in [4.69, 9.17) is 0 Å². The minimum Gasteiger partial charge on any atom is -0.370 e. The molecule has 0 spiro atoms. The van der Waals surface area contributed by atoms with Gasteiger partial charge in [0, 0.05) is 18.7 Å². The quantitative estimate of drug-likeness (QED) is 0.729. The second kappa shape index (κ2) is 3.92. The summed E-state index contributed by atoms with van der Waals surface area (Å²) in [7, 11) is 0. The third kappa shape index (κ3) is 1.70. The normalized spacial score (nSPS) is 15.0. The smallest absolute Gasteiger partial charge is 0.133 e. The first-order chi connectivity index (χ1) is 6.81. The first kappa shape index (κ1) is 9.40. The van der Waals surface area contributed by atoms with Crippen molar-refractivity contribution in [3.63, 3.8) is 0 Å². The molecule has 0 bridgehead atoms. The second-order valence-corrected chi connectivity index (χ2v) is 3.50. The van der Waals surface area contributed by atoms with E-state index in [-0.39, 0.29) is 0 Å². The third-order valence-corrected chi connectivity index (χ3v) is 2.39. The zero-order chi connectivity index (χ0) is 9.97. The van der Waals surface area contributed by atoms with Gasteiger partial charge in [0.1, 0.15) is 11.6 Å². The van der Waals surface area contributed by atoms with Crippen molar-refractivity contribution in [2.45, 2.75) is 26.8 Å². The van der Waals surface area contributed by atoms with Gasteiger partial charge in [0.2, 0.25) is 0 Å². The molecule has 4 nitrogen and oxygen atoms in total. The van der Waals surface area contributed by atoms with Crippen molar-refractivity contribution in [3.05, 3.63) is 17.1 Å². The lowest BCUT2D eigenvalue weighted by Crippen LogP contribution is -2.26. The van der Waals surface area contributed by atoms with E-state index >= 15 is 0 Å². The summed E-state index contributed by atoms with van der Waals surface area (Å²) in [6.45, 7) is 6.84. The highest BCUT2D eigenvalue weighted by atomic mass is 15.0. The number of nitrogens with one attached hydrogen (secondary N) is 2. The lowest BCUT2D eigenvalue weighted by molar-refractivity contribution is 0.621. The van der Waals surface area contributed by atoms with Crippen LogP contribution in [-0.2, 0) is 13.0 Å². The van der Waals surface area contributed by atoms with Crippen LogP contribution in [0.4, 0.5) is 5.82 Å². The lowest BCUT2D eigenvalue weighted by Gasteiger charge is -2.19. The van der Waals surface area contributed by atoms with Crippen molar-refractivity contribution in [1.82, 2.24) is 15.3 Å². The Morgan fingerprint density at radius 3 is 3.07 bits per heavy atom. The van der Waals surface area contributed by atoms with E-state index in [1.54, 1.807) is 0 Å². The van der Waals surface area contributed by atoms with Crippen molar-refractivity contribution in [3.8, 4) is 0 Å². The van der Waals surface area contributed by atoms with Crippen LogP contribution >= 0.6 is 0 Å². The number of hydrogen-bond donors (Lipinski definition) is 2. The first-order valence-electron chi connectivity index (χ1n) is 5.12. The zero-order valence-electron chi connectivity index (χ0n) is 8.72. The number of rotatable bonds is 2. The van der Waals surface area contributed by atoms with Gasteiger partial charge in [0.25, 0.3) is 0 Å². The maximum absolute atomic E-state index is 4.44. The van der Waals surface area contributed by atoms with Gasteiger partial charge in [-0.2, -0.15) is 0 Å². The number of aromatic nitrogens is 2. The molecule has 0 atom stereocenters. The molecule has 0 unspecified atom stereocenters. The Morgan fingerprint density at radius 2 is 2.29 bits per heavy atom. The number of hydrogen-bond acceptors (Lipinski definition) is 4. The van der Waals surface area contributed by atoms with Crippen molar-refractivity contribution >= 4 is 5.82 Å². The van der Waals surface area contributed by atoms with Gasteiger partial charge in [-0.15, -0.1) is 0 Å². The van der Waals surface area contributed by atoms with Crippen LogP contribution in [0, 0.1) is 6.92 Å². The number of aryl methyl sites for hydroxylation is 1. The number of nitrogens with zero attached hydrogens (tertiary/aromatic N) is 2. The van der Waals surface area contributed by atoms with Gasteiger partial charge in [-0.1, -0.05) is 0 Å². The fraction of sp³-hybridized carbons (Fsp3) is 0.600. The van der Waals surface area contributed by atoms with Gasteiger partial charge >= 0.3 is 0 Å². The van der Waals surface area contributed by atoms with E-state index in [1.807, 2.05) is 6.92 Å². The van der Waals surface area contributed by atoms with Gasteiger partial charge in [0.15, 0.2) is 0 Å². The summed E-state index contributed by atoms with van der Waals surface area (Å²) in [6, 6.07) is 0. The van der Waals surface area contributed by atoms with E-state index in [0.29, 0.717) is 0 Å². The minimum atomic E-state index is 0.850. The average Bonchev–Trinajstić information content (AvgIpc) is 2.18. The second-order valence-electron chi connectivity index (χ2n) is 3.50. The Morgan fingerprint density at radius 1 is 1.43 bits per heavy atom. The maximum Gasteiger partial charge on any atom is 0.133 e. The fourth-order valence-electron chi connectivity index (χ4n) is 1.80. The lowest BCUT2D eigenvalue weighted by atomic mass is 10.1. The van der Waals surface area contributed by atoms with Gasteiger partial charge in [-0.25, -0.2) is 9.97 Å². The van der Waals surface area contributed by atoms with Gasteiger partial charge < -0.3 is 10.6 Å². The van der Waals surface area contributed by atoms with Crippen molar-refractivity contribution in [2.75, 3.05) is 18.4 Å². The maximum atomic E-state index is 4.44. The molecule has 76 valence electrons. The van der Waals surface area contributed by atoms with Crippen molar-refractivity contribution in [1.29, 1.82) is 0 Å². The van der Waals surface area contributed by atoms with Crippen LogP contribution in [0.15, 0.2) is 0 Å². The first-order valence-corrected chi connectivity index (χ1v) is 5.12. The van der Waals surface area contributed by atoms with Crippen molar-refractivity contribution < 1.29 is 0 Å². The largest absolute Gasteiger partial charge is 0.370 e. The average molecular weight is 192 g/mol. The fourth-order valence-corrected chi connectivity index (χ4v) is 1.80. The van der Waals surface area contributed by atoms with E-state index in [1.165, 1.54) is 5.56 Å². The summed E-state index contributed by atoms with van der Waals surface area (Å²) in [5.41, 5.74) is 2.44. The minimum absolute atomic E-state index is 0.850. The molecule has 0 saturated carbocycles. The molecular formula is C10H16N4. The van der Waals surface area contributed by atoms with E-state index in [9.17, 15) is 0 Å². The molecular weight excluding hydrogens is 176 g/mol. The van der Waals surface area contributed by atoms with E-state index in [0.717, 1.165) is 43.4 Å². The summed E-state index contributed by atoms with van der Waals surface area (Å²) >= 11 is 0. The molecule has 0 fully saturated rings. The SMILES string of the molecule is CCNc1nc(C)nc2c1CCNC2. The highest BCUT2D eigenvalue weighted by Gasteiger charge is 2.15. The monoisotopic (exact) mass is 192 g/mol. The molecule has 0 saturated heterocycles. The van der Waals surface area contributed by atoms with Crippen molar-refractivity contribution in [2.24, 2.45) is 0 Å². The van der Waals surface area contributed by atoms with Gasteiger partial charge in [-0.3, -0.25) is 0 Å². The van der Waals surface area contributed by atoms with Crippen LogP contribution in [0.2, 0.25) is 0 Å². The van der Waals surface area contributed by atoms with Crippen LogP contribution < -0.4 is 10.6 Å². The zero-order valence-corrected chi connectivity index (χ0v) is 8.72. The summed E-state index contributed by atoms with van der Waals surface area (Å²) in [4.78, 5) is 8.87. The molecule has 0 aromatic carbocycles. The molecule has 0 radical (unpaired) electrons. The Labute approximate surface area is 84.2 Å².